The van der Waals surface area contributed by atoms with Gasteiger partial charge < -0.3 is 0 Å². The van der Waals surface area contributed by atoms with Gasteiger partial charge in [0.25, 0.3) is 5.91 Å². The lowest BCUT2D eigenvalue weighted by molar-refractivity contribution is -0.115. The van der Waals surface area contributed by atoms with Gasteiger partial charge in [-0.25, -0.2) is 0 Å². The predicted molar refractivity (Wildman–Crippen MR) is 143 cm³/mol. The largest absolute Gasteiger partial charge is 0.286 e. The normalized spacial score (nSPS) is 19.5. The van der Waals surface area contributed by atoms with Crippen LogP contribution in [0.3, 0.4) is 0 Å². The zero-order valence-corrected chi connectivity index (χ0v) is 21.5. The van der Waals surface area contributed by atoms with E-state index in [1.807, 2.05) is 41.2 Å². The average molecular weight is 591 g/mol. The number of anilines is 2. The molecule has 0 spiro atoms. The summed E-state index contributed by atoms with van der Waals surface area (Å²) in [6.07, 6.45) is 0.899. The van der Waals surface area contributed by atoms with Gasteiger partial charge in [-0.1, -0.05) is 60.5 Å². The molecule has 168 valence electrons. The summed E-state index contributed by atoms with van der Waals surface area (Å²) in [4.78, 5) is 13.4. The van der Waals surface area contributed by atoms with Crippen molar-refractivity contribution in [3.8, 4) is 0 Å². The Labute approximate surface area is 216 Å². The number of para-hydroxylation sites is 1. The fraction of sp³-hybridized carbons (Fsp3) is 0.200. The summed E-state index contributed by atoms with van der Waals surface area (Å²) >= 11 is 15.0. The van der Waals surface area contributed by atoms with E-state index in [0.717, 1.165) is 27.8 Å². The summed E-state index contributed by atoms with van der Waals surface area (Å²) in [5.41, 5.74) is 7.57. The molecule has 5 rings (SSSR count). The van der Waals surface area contributed by atoms with Gasteiger partial charge in [0.1, 0.15) is 5.71 Å². The highest BCUT2D eigenvalue weighted by molar-refractivity contribution is 14.1. The Morgan fingerprint density at radius 1 is 1.06 bits per heavy atom. The van der Waals surface area contributed by atoms with Crippen LogP contribution in [-0.2, 0) is 11.2 Å². The third kappa shape index (κ3) is 4.32. The molecule has 5 nitrogen and oxygen atoms in total. The maximum atomic E-state index is 13.4. The van der Waals surface area contributed by atoms with Gasteiger partial charge in [0, 0.05) is 21.1 Å². The highest BCUT2D eigenvalue weighted by Crippen LogP contribution is 2.42. The van der Waals surface area contributed by atoms with Crippen molar-refractivity contribution in [2.24, 2.45) is 11.0 Å². The molecule has 0 radical (unpaired) electrons. The van der Waals surface area contributed by atoms with Crippen LogP contribution in [0.2, 0.25) is 10.0 Å². The molecule has 2 aliphatic rings. The van der Waals surface area contributed by atoms with E-state index < -0.39 is 0 Å². The van der Waals surface area contributed by atoms with Crippen LogP contribution in [0, 0.1) is 9.49 Å². The number of hydrazone groups is 1. The topological polar surface area (TPSA) is 47.9 Å². The molecule has 3 aromatic carbocycles. The van der Waals surface area contributed by atoms with E-state index in [1.165, 1.54) is 5.56 Å². The summed E-state index contributed by atoms with van der Waals surface area (Å²) in [5, 5.41) is 9.59. The average Bonchev–Trinajstić information content (AvgIpc) is 3.36. The van der Waals surface area contributed by atoms with Gasteiger partial charge in [0.05, 0.1) is 22.4 Å². The van der Waals surface area contributed by atoms with Crippen LogP contribution in [0.4, 0.5) is 11.4 Å². The fourth-order valence-electron chi connectivity index (χ4n) is 4.48. The van der Waals surface area contributed by atoms with Crippen LogP contribution < -0.4 is 15.4 Å². The van der Waals surface area contributed by atoms with Crippen LogP contribution in [0.15, 0.2) is 71.8 Å². The first-order valence-corrected chi connectivity index (χ1v) is 12.5. The van der Waals surface area contributed by atoms with Crippen LogP contribution in [0.1, 0.15) is 24.1 Å². The van der Waals surface area contributed by atoms with Gasteiger partial charge in [-0.15, -0.1) is 0 Å². The van der Waals surface area contributed by atoms with Gasteiger partial charge in [-0.05, 0) is 76.5 Å². The molecule has 1 N–H and O–H groups in total. The first-order chi connectivity index (χ1) is 15.9. The van der Waals surface area contributed by atoms with Crippen LogP contribution in [0.5, 0.6) is 0 Å². The zero-order chi connectivity index (χ0) is 23.1. The second-order valence-electron chi connectivity index (χ2n) is 8.18. The number of rotatable bonds is 4. The Morgan fingerprint density at radius 2 is 1.82 bits per heavy atom. The van der Waals surface area contributed by atoms with E-state index in [1.54, 1.807) is 12.1 Å². The van der Waals surface area contributed by atoms with Gasteiger partial charge in [0.15, 0.2) is 0 Å². The molecule has 0 aromatic heterocycles. The first kappa shape index (κ1) is 22.5. The summed E-state index contributed by atoms with van der Waals surface area (Å²) in [6.45, 7) is 2.77. The van der Waals surface area contributed by atoms with Gasteiger partial charge in [-0.3, -0.25) is 20.2 Å². The second kappa shape index (κ2) is 9.16. The molecule has 0 fully saturated rings. The number of nitrogens with one attached hydrogen (secondary N) is 1. The molecule has 0 aliphatic carbocycles. The Kier molecular flexibility index (Phi) is 6.24. The minimum absolute atomic E-state index is 0.158. The molecule has 0 saturated heterocycles. The van der Waals surface area contributed by atoms with Crippen molar-refractivity contribution >= 4 is 68.8 Å². The molecule has 2 heterocycles. The summed E-state index contributed by atoms with van der Waals surface area (Å²) in [6, 6.07) is 21.5. The summed E-state index contributed by atoms with van der Waals surface area (Å²) in [5.74, 6) is -0.364. The van der Waals surface area contributed by atoms with E-state index in [9.17, 15) is 4.79 Å². The third-order valence-electron chi connectivity index (χ3n) is 6.11. The molecule has 0 saturated carbocycles. The smallest absolute Gasteiger partial charge is 0.285 e. The molecule has 0 unspecified atom stereocenters. The van der Waals surface area contributed by atoms with Gasteiger partial charge >= 0.3 is 0 Å². The maximum absolute atomic E-state index is 13.4. The number of nitrogens with zero attached hydrogens (tertiary/aromatic N) is 3. The fourth-order valence-corrected chi connectivity index (χ4v) is 5.33. The van der Waals surface area contributed by atoms with E-state index in [0.29, 0.717) is 21.4 Å². The van der Waals surface area contributed by atoms with E-state index >= 15 is 0 Å². The minimum atomic E-state index is -0.206. The van der Waals surface area contributed by atoms with Crippen molar-refractivity contribution in [1.29, 1.82) is 0 Å². The summed E-state index contributed by atoms with van der Waals surface area (Å²) in [7, 11) is 0. The molecular weight excluding hydrogens is 570 g/mol. The third-order valence-corrected chi connectivity index (χ3v) is 7.37. The Hall–Kier alpha value is -2.29. The molecule has 0 bridgehead atoms. The van der Waals surface area contributed by atoms with E-state index in [-0.39, 0.29) is 17.9 Å². The van der Waals surface area contributed by atoms with Gasteiger partial charge in [0.2, 0.25) is 0 Å². The molecule has 2 atom stereocenters. The number of carbonyl (C=O) groups excluding carboxylic acids is 1. The molecule has 3 aromatic rings. The number of benzene rings is 3. The highest BCUT2D eigenvalue weighted by Gasteiger charge is 2.40. The van der Waals surface area contributed by atoms with E-state index in [2.05, 4.69) is 58.3 Å². The maximum Gasteiger partial charge on any atom is 0.286 e. The van der Waals surface area contributed by atoms with Crippen molar-refractivity contribution in [3.05, 3.63) is 91.5 Å². The predicted octanol–water partition coefficient (Wildman–Crippen LogP) is 6.25. The number of fused-ring (bicyclic) bond motifs is 1. The number of hydrogen-bond donors (Lipinski definition) is 1. The van der Waals surface area contributed by atoms with Crippen molar-refractivity contribution in [2.75, 3.05) is 16.6 Å². The quantitative estimate of drug-likeness (QED) is 0.366. The van der Waals surface area contributed by atoms with Crippen molar-refractivity contribution < 1.29 is 4.79 Å². The highest BCUT2D eigenvalue weighted by atomic mass is 127. The number of hydrazine groups is 1. The lowest BCUT2D eigenvalue weighted by Gasteiger charge is -2.27. The molecule has 8 heteroatoms. The summed E-state index contributed by atoms with van der Waals surface area (Å²) < 4.78 is 1.14. The number of amides is 1. The first-order valence-electron chi connectivity index (χ1n) is 10.7. The lowest BCUT2D eigenvalue weighted by Crippen LogP contribution is -2.45. The second-order valence-corrected chi connectivity index (χ2v) is 10.3. The standard InChI is InChI=1S/C25H21Cl2IN4O/c1-15-23(25(33)30-31-13-12-16-4-2-3-5-21(16)31)29-32(22-11-8-18(26)14-20(22)27)24(15)17-6-9-19(28)10-7-17/h2-11,14-15,24H,12-13H2,1H3,(H,30,33)/t15-,24+/m0/s1. The van der Waals surface area contributed by atoms with Crippen molar-refractivity contribution in [3.63, 3.8) is 0 Å². The Bertz CT molecular complexity index is 1250. The zero-order valence-electron chi connectivity index (χ0n) is 17.8. The molecular formula is C25H21Cl2IN4O. The van der Waals surface area contributed by atoms with Crippen molar-refractivity contribution in [1.82, 2.24) is 5.43 Å². The number of halogens is 3. The Morgan fingerprint density at radius 3 is 2.58 bits per heavy atom. The van der Waals surface area contributed by atoms with Gasteiger partial charge in [-0.2, -0.15) is 5.10 Å². The SMILES string of the molecule is C[C@H]1C(C(=O)NN2CCc3ccccc32)=NN(c2ccc(Cl)cc2Cl)[C@H]1c1ccc(I)cc1. The minimum Gasteiger partial charge on any atom is -0.285 e. The molecule has 33 heavy (non-hydrogen) atoms. The van der Waals surface area contributed by atoms with Crippen LogP contribution in [0.25, 0.3) is 0 Å². The number of carbonyl (C=O) groups is 1. The monoisotopic (exact) mass is 590 g/mol. The number of hydrogen-bond acceptors (Lipinski definition) is 4. The van der Waals surface area contributed by atoms with E-state index in [4.69, 9.17) is 28.3 Å². The van der Waals surface area contributed by atoms with Crippen LogP contribution in [-0.4, -0.2) is 18.2 Å². The van der Waals surface area contributed by atoms with Crippen molar-refractivity contribution in [2.45, 2.75) is 19.4 Å². The lowest BCUT2D eigenvalue weighted by atomic mass is 9.91. The Balaban J connectivity index is 1.49. The molecule has 2 aliphatic heterocycles. The molecule has 1 amide bonds. The van der Waals surface area contributed by atoms with Crippen LogP contribution >= 0.6 is 45.8 Å².